The average Bonchev–Trinajstić information content (AvgIpc) is 2.18. The first-order chi connectivity index (χ1) is 6.66. The van der Waals surface area contributed by atoms with Gasteiger partial charge >= 0.3 is 0 Å². The summed E-state index contributed by atoms with van der Waals surface area (Å²) in [5.74, 6) is -2.89. The Morgan fingerprint density at radius 1 is 1.29 bits per heavy atom. The van der Waals surface area contributed by atoms with Crippen molar-refractivity contribution in [3.05, 3.63) is 35.4 Å². The molecule has 0 bridgehead atoms. The topological polar surface area (TPSA) is 20.2 Å². The fraction of sp³-hybridized carbons (Fsp3) is 0.200. The van der Waals surface area contributed by atoms with Crippen molar-refractivity contribution >= 4 is 22.0 Å². The van der Waals surface area contributed by atoms with E-state index in [-0.39, 0.29) is 5.56 Å². The molecule has 0 aliphatic rings. The molecule has 0 aliphatic heterocycles. The van der Waals surface area contributed by atoms with Gasteiger partial charge < -0.3 is 5.11 Å². The first-order valence-electron chi connectivity index (χ1n) is 4.06. The van der Waals surface area contributed by atoms with Crippen LogP contribution < -0.4 is 0 Å². The molecule has 0 saturated carbocycles. The fourth-order valence-electron chi connectivity index (χ4n) is 0.956. The van der Waals surface area contributed by atoms with Gasteiger partial charge in [-0.1, -0.05) is 28.1 Å². The smallest absolute Gasteiger partial charge is 0.200 e. The van der Waals surface area contributed by atoms with Gasteiger partial charge in [0.25, 0.3) is 0 Å². The highest BCUT2D eigenvalue weighted by molar-refractivity contribution is 9.09. The third kappa shape index (κ3) is 2.54. The van der Waals surface area contributed by atoms with E-state index >= 15 is 0 Å². The third-order valence-electron chi connectivity index (χ3n) is 1.66. The molecule has 0 spiro atoms. The van der Waals surface area contributed by atoms with Crippen LogP contribution in [-0.4, -0.2) is 10.4 Å². The van der Waals surface area contributed by atoms with Crippen molar-refractivity contribution in [1.82, 2.24) is 0 Å². The summed E-state index contributed by atoms with van der Waals surface area (Å²) in [5.41, 5.74) is 0.140. The fourth-order valence-corrected chi connectivity index (χ4v) is 1.22. The molecule has 1 N–H and O–H groups in total. The van der Waals surface area contributed by atoms with Crippen molar-refractivity contribution < 1.29 is 13.9 Å². The van der Waals surface area contributed by atoms with Crippen molar-refractivity contribution in [3.8, 4) is 5.75 Å². The van der Waals surface area contributed by atoms with E-state index in [9.17, 15) is 8.78 Å². The molecule has 0 atom stereocenters. The molecule has 0 saturated heterocycles. The molecule has 0 aliphatic carbocycles. The Hall–Kier alpha value is -0.900. The molecule has 1 rings (SSSR count). The van der Waals surface area contributed by atoms with Crippen molar-refractivity contribution in [2.24, 2.45) is 0 Å². The second-order valence-corrected chi connectivity index (χ2v) is 3.47. The molecular weight excluding hydrogens is 254 g/mol. The van der Waals surface area contributed by atoms with Crippen LogP contribution in [0.2, 0.25) is 0 Å². The van der Waals surface area contributed by atoms with Crippen LogP contribution in [0.25, 0.3) is 6.08 Å². The highest BCUT2D eigenvalue weighted by Crippen LogP contribution is 2.22. The van der Waals surface area contributed by atoms with Crippen molar-refractivity contribution in [3.63, 3.8) is 0 Å². The Morgan fingerprint density at radius 2 is 2.00 bits per heavy atom. The predicted molar refractivity (Wildman–Crippen MR) is 55.5 cm³/mol. The molecule has 0 heterocycles. The van der Waals surface area contributed by atoms with Gasteiger partial charge in [0.2, 0.25) is 5.82 Å². The van der Waals surface area contributed by atoms with Gasteiger partial charge in [-0.3, -0.25) is 0 Å². The van der Waals surface area contributed by atoms with Gasteiger partial charge in [0.05, 0.1) is 0 Å². The molecule has 0 fully saturated rings. The van der Waals surface area contributed by atoms with Gasteiger partial charge in [0, 0.05) is 10.9 Å². The summed E-state index contributed by atoms with van der Waals surface area (Å²) in [6.07, 6.45) is 3.95. The summed E-state index contributed by atoms with van der Waals surface area (Å²) in [5, 5.41) is 9.62. The van der Waals surface area contributed by atoms with Crippen LogP contribution in [0.1, 0.15) is 12.0 Å². The van der Waals surface area contributed by atoms with Crippen LogP contribution in [0.3, 0.4) is 0 Å². The van der Waals surface area contributed by atoms with E-state index in [1.807, 2.05) is 0 Å². The molecule has 1 nitrogen and oxygen atoms in total. The number of hydrogen-bond donors (Lipinski definition) is 1. The van der Waals surface area contributed by atoms with Gasteiger partial charge in [-0.25, -0.2) is 4.39 Å². The zero-order valence-electron chi connectivity index (χ0n) is 7.30. The molecule has 1 aromatic rings. The van der Waals surface area contributed by atoms with Crippen molar-refractivity contribution in [1.29, 1.82) is 0 Å². The summed E-state index contributed by atoms with van der Waals surface area (Å²) in [4.78, 5) is 0. The van der Waals surface area contributed by atoms with Crippen molar-refractivity contribution in [2.75, 3.05) is 5.33 Å². The largest absolute Gasteiger partial charge is 0.505 e. The standard InChI is InChI=1S/C10H9BrF2O/c11-6-2-1-3-7-4-5-8(14)10(13)9(7)12/h1,3-5,14H,2,6H2. The van der Waals surface area contributed by atoms with E-state index in [2.05, 4.69) is 15.9 Å². The lowest BCUT2D eigenvalue weighted by Crippen LogP contribution is -1.88. The van der Waals surface area contributed by atoms with E-state index in [1.165, 1.54) is 12.1 Å². The highest BCUT2D eigenvalue weighted by Gasteiger charge is 2.10. The Bertz CT molecular complexity index is 350. The lowest BCUT2D eigenvalue weighted by Gasteiger charge is -2.00. The summed E-state index contributed by atoms with van der Waals surface area (Å²) >= 11 is 3.21. The number of rotatable bonds is 3. The zero-order valence-corrected chi connectivity index (χ0v) is 8.89. The van der Waals surface area contributed by atoms with Crippen LogP contribution in [0, 0.1) is 11.6 Å². The Kier molecular flexibility index (Phi) is 4.07. The van der Waals surface area contributed by atoms with E-state index in [0.29, 0.717) is 0 Å². The van der Waals surface area contributed by atoms with E-state index in [4.69, 9.17) is 5.11 Å². The summed E-state index contributed by atoms with van der Waals surface area (Å²) in [6.45, 7) is 0. The first kappa shape index (κ1) is 11.2. The van der Waals surface area contributed by atoms with Gasteiger partial charge in [-0.15, -0.1) is 0 Å². The lowest BCUT2D eigenvalue weighted by atomic mass is 10.1. The number of halogens is 3. The van der Waals surface area contributed by atoms with E-state index in [1.54, 1.807) is 6.08 Å². The highest BCUT2D eigenvalue weighted by atomic mass is 79.9. The van der Waals surface area contributed by atoms with Gasteiger partial charge in [0.1, 0.15) is 0 Å². The van der Waals surface area contributed by atoms with Crippen LogP contribution in [-0.2, 0) is 0 Å². The number of benzene rings is 1. The normalized spacial score (nSPS) is 11.1. The third-order valence-corrected chi connectivity index (χ3v) is 2.12. The number of phenolic OH excluding ortho intramolecular Hbond substituents is 1. The second-order valence-electron chi connectivity index (χ2n) is 2.68. The molecule has 0 radical (unpaired) electrons. The number of hydrogen-bond acceptors (Lipinski definition) is 1. The molecule has 0 aromatic heterocycles. The molecule has 0 amide bonds. The first-order valence-corrected chi connectivity index (χ1v) is 5.18. The molecular formula is C10H9BrF2O. The zero-order chi connectivity index (χ0) is 10.6. The average molecular weight is 263 g/mol. The Morgan fingerprint density at radius 3 is 2.64 bits per heavy atom. The monoisotopic (exact) mass is 262 g/mol. The number of allylic oxidation sites excluding steroid dienone is 1. The van der Waals surface area contributed by atoms with E-state index < -0.39 is 17.4 Å². The minimum atomic E-state index is -1.20. The summed E-state index contributed by atoms with van der Waals surface area (Å²) in [6, 6.07) is 2.46. The summed E-state index contributed by atoms with van der Waals surface area (Å²) < 4.78 is 25.9. The Balaban J connectivity index is 2.94. The summed E-state index contributed by atoms with van der Waals surface area (Å²) in [7, 11) is 0. The molecule has 0 unspecified atom stereocenters. The number of aromatic hydroxyl groups is 1. The van der Waals surface area contributed by atoms with Crippen LogP contribution >= 0.6 is 15.9 Å². The molecule has 14 heavy (non-hydrogen) atoms. The molecule has 76 valence electrons. The minimum Gasteiger partial charge on any atom is -0.505 e. The van der Waals surface area contributed by atoms with Crippen LogP contribution in [0.4, 0.5) is 8.78 Å². The number of alkyl halides is 1. The van der Waals surface area contributed by atoms with Gasteiger partial charge in [-0.05, 0) is 18.6 Å². The van der Waals surface area contributed by atoms with Gasteiger partial charge in [0.15, 0.2) is 11.6 Å². The SMILES string of the molecule is Oc1ccc(C=CCCBr)c(F)c1F. The van der Waals surface area contributed by atoms with Crippen LogP contribution in [0.5, 0.6) is 5.75 Å². The maximum atomic E-state index is 13.1. The van der Waals surface area contributed by atoms with Gasteiger partial charge in [-0.2, -0.15) is 4.39 Å². The molecule has 1 aromatic carbocycles. The lowest BCUT2D eigenvalue weighted by molar-refractivity contribution is 0.406. The van der Waals surface area contributed by atoms with Crippen molar-refractivity contribution in [2.45, 2.75) is 6.42 Å². The maximum Gasteiger partial charge on any atom is 0.200 e. The molecule has 4 heteroatoms. The predicted octanol–water partition coefficient (Wildman–Crippen LogP) is 3.47. The van der Waals surface area contributed by atoms with Crippen LogP contribution in [0.15, 0.2) is 18.2 Å². The number of phenols is 1. The van der Waals surface area contributed by atoms with E-state index in [0.717, 1.165) is 17.8 Å². The Labute approximate surface area is 89.2 Å². The second kappa shape index (κ2) is 5.10. The maximum absolute atomic E-state index is 13.1. The minimum absolute atomic E-state index is 0.140. The quantitative estimate of drug-likeness (QED) is 0.828.